The highest BCUT2D eigenvalue weighted by atomic mass is 32.2. The summed E-state index contributed by atoms with van der Waals surface area (Å²) < 4.78 is 26.7. The third kappa shape index (κ3) is 5.11. The van der Waals surface area contributed by atoms with Gasteiger partial charge in [0.05, 0.1) is 10.5 Å². The quantitative estimate of drug-likeness (QED) is 0.710. The molecule has 6 nitrogen and oxygen atoms in total. The van der Waals surface area contributed by atoms with Crippen molar-refractivity contribution >= 4 is 21.6 Å². The first-order valence-corrected chi connectivity index (χ1v) is 8.30. The molecule has 0 fully saturated rings. The number of nitrogens with one attached hydrogen (secondary N) is 2. The highest BCUT2D eigenvalue weighted by molar-refractivity contribution is 7.89. The second-order valence-corrected chi connectivity index (χ2v) is 6.73. The third-order valence-corrected chi connectivity index (χ3v) is 4.81. The van der Waals surface area contributed by atoms with E-state index in [1.807, 2.05) is 0 Å². The summed E-state index contributed by atoms with van der Waals surface area (Å²) in [5.74, 6) is -0.223. The van der Waals surface area contributed by atoms with Crippen molar-refractivity contribution in [1.82, 2.24) is 4.72 Å². The van der Waals surface area contributed by atoms with E-state index >= 15 is 0 Å². The van der Waals surface area contributed by atoms with Gasteiger partial charge in [0.2, 0.25) is 15.9 Å². The first-order valence-electron chi connectivity index (χ1n) is 6.82. The maximum Gasteiger partial charge on any atom is 0.240 e. The van der Waals surface area contributed by atoms with Crippen molar-refractivity contribution < 1.29 is 18.3 Å². The van der Waals surface area contributed by atoms with Crippen LogP contribution in [0.15, 0.2) is 29.2 Å². The third-order valence-electron chi connectivity index (χ3n) is 3.39. The molecule has 0 aliphatic heterocycles. The van der Waals surface area contributed by atoms with Gasteiger partial charge in [-0.2, -0.15) is 0 Å². The van der Waals surface area contributed by atoms with Crippen molar-refractivity contribution in [2.24, 2.45) is 0 Å². The maximum absolute atomic E-state index is 12.1. The maximum atomic E-state index is 12.1. The second-order valence-electron chi connectivity index (χ2n) is 4.96. The lowest BCUT2D eigenvalue weighted by molar-refractivity contribution is -0.114. The lowest BCUT2D eigenvalue weighted by atomic mass is 9.98. The van der Waals surface area contributed by atoms with Crippen molar-refractivity contribution in [3.05, 3.63) is 24.3 Å². The molecule has 3 N–H and O–H groups in total. The summed E-state index contributed by atoms with van der Waals surface area (Å²) >= 11 is 0. The van der Waals surface area contributed by atoms with E-state index in [9.17, 15) is 18.3 Å². The topological polar surface area (TPSA) is 95.5 Å². The first-order chi connectivity index (χ1) is 9.72. The van der Waals surface area contributed by atoms with E-state index in [0.717, 1.165) is 0 Å². The fourth-order valence-electron chi connectivity index (χ4n) is 1.73. The Balaban J connectivity index is 2.81. The molecule has 0 saturated carbocycles. The van der Waals surface area contributed by atoms with Crippen molar-refractivity contribution in [3.8, 4) is 0 Å². The van der Waals surface area contributed by atoms with E-state index < -0.39 is 15.6 Å². The predicted octanol–water partition coefficient (Wildman–Crippen LogP) is 1.47. The summed E-state index contributed by atoms with van der Waals surface area (Å²) in [4.78, 5) is 11.0. The van der Waals surface area contributed by atoms with Gasteiger partial charge in [0.1, 0.15) is 0 Å². The van der Waals surface area contributed by atoms with Gasteiger partial charge in [-0.3, -0.25) is 4.79 Å². The Morgan fingerprint density at radius 1 is 1.19 bits per heavy atom. The molecule has 21 heavy (non-hydrogen) atoms. The number of benzene rings is 1. The number of sulfonamides is 1. The SMILES string of the molecule is CCC(O)(CC)CNS(=O)(=O)c1ccc(NC(C)=O)cc1. The fraction of sp³-hybridized carbons (Fsp3) is 0.500. The molecule has 1 amide bonds. The van der Waals surface area contributed by atoms with Gasteiger partial charge in [-0.05, 0) is 37.1 Å². The summed E-state index contributed by atoms with van der Waals surface area (Å²) in [5.41, 5.74) is -0.511. The normalized spacial score (nSPS) is 12.2. The number of aliphatic hydroxyl groups is 1. The van der Waals surface area contributed by atoms with Crippen molar-refractivity contribution in [2.75, 3.05) is 11.9 Å². The molecule has 0 aromatic heterocycles. The molecule has 0 spiro atoms. The van der Waals surface area contributed by atoms with Crippen LogP contribution in [0.25, 0.3) is 0 Å². The number of hydrogen-bond acceptors (Lipinski definition) is 4. The van der Waals surface area contributed by atoms with Gasteiger partial charge in [-0.1, -0.05) is 13.8 Å². The average Bonchev–Trinajstić information content (AvgIpc) is 2.45. The summed E-state index contributed by atoms with van der Waals surface area (Å²) in [6, 6.07) is 5.85. The lowest BCUT2D eigenvalue weighted by Gasteiger charge is -2.25. The molecule has 118 valence electrons. The number of anilines is 1. The summed E-state index contributed by atoms with van der Waals surface area (Å²) in [6.45, 7) is 4.96. The molecule has 1 aromatic carbocycles. The van der Waals surface area contributed by atoms with E-state index in [4.69, 9.17) is 0 Å². The molecular formula is C14H22N2O4S. The molecule has 0 aliphatic rings. The Morgan fingerprint density at radius 3 is 2.14 bits per heavy atom. The molecule has 0 atom stereocenters. The van der Waals surface area contributed by atoms with Crippen LogP contribution in [-0.4, -0.2) is 31.6 Å². The van der Waals surface area contributed by atoms with Gasteiger partial charge in [-0.15, -0.1) is 0 Å². The number of carbonyl (C=O) groups is 1. The Hall–Kier alpha value is -1.44. The van der Waals surface area contributed by atoms with Crippen LogP contribution in [-0.2, 0) is 14.8 Å². The van der Waals surface area contributed by atoms with Crippen LogP contribution in [0.3, 0.4) is 0 Å². The van der Waals surface area contributed by atoms with Gasteiger partial charge < -0.3 is 10.4 Å². The standard InChI is InChI=1S/C14H22N2O4S/c1-4-14(18,5-2)10-15-21(19,20)13-8-6-12(7-9-13)16-11(3)17/h6-9,15,18H,4-5,10H2,1-3H3,(H,16,17). The van der Waals surface area contributed by atoms with Crippen LogP contribution in [0.5, 0.6) is 0 Å². The van der Waals surface area contributed by atoms with Crippen molar-refractivity contribution in [1.29, 1.82) is 0 Å². The average molecular weight is 314 g/mol. The molecule has 0 unspecified atom stereocenters. The number of carbonyl (C=O) groups excluding carboxylic acids is 1. The molecule has 0 heterocycles. The van der Waals surface area contributed by atoms with E-state index in [0.29, 0.717) is 18.5 Å². The van der Waals surface area contributed by atoms with Gasteiger partial charge >= 0.3 is 0 Å². The smallest absolute Gasteiger partial charge is 0.240 e. The monoisotopic (exact) mass is 314 g/mol. The zero-order valence-electron chi connectivity index (χ0n) is 12.5. The molecule has 1 rings (SSSR count). The number of rotatable bonds is 7. The Morgan fingerprint density at radius 2 is 1.71 bits per heavy atom. The Bertz CT molecular complexity index is 577. The van der Waals surface area contributed by atoms with Gasteiger partial charge in [0.15, 0.2) is 0 Å². The lowest BCUT2D eigenvalue weighted by Crippen LogP contribution is -2.41. The highest BCUT2D eigenvalue weighted by Gasteiger charge is 2.25. The van der Waals surface area contributed by atoms with Crippen LogP contribution >= 0.6 is 0 Å². The van der Waals surface area contributed by atoms with E-state index in [2.05, 4.69) is 10.0 Å². The van der Waals surface area contributed by atoms with Crippen LogP contribution < -0.4 is 10.0 Å². The van der Waals surface area contributed by atoms with Crippen molar-refractivity contribution in [3.63, 3.8) is 0 Å². The zero-order valence-corrected chi connectivity index (χ0v) is 13.3. The molecule has 0 aliphatic carbocycles. The highest BCUT2D eigenvalue weighted by Crippen LogP contribution is 2.17. The minimum absolute atomic E-state index is 0.0320. The Labute approximate surface area is 125 Å². The minimum Gasteiger partial charge on any atom is -0.389 e. The zero-order chi connectivity index (χ0) is 16.1. The second kappa shape index (κ2) is 7.02. The Kier molecular flexibility index (Phi) is 5.88. The summed E-state index contributed by atoms with van der Waals surface area (Å²) in [5, 5.41) is 12.7. The largest absolute Gasteiger partial charge is 0.389 e. The summed E-state index contributed by atoms with van der Waals surface area (Å²) in [6.07, 6.45) is 0.932. The first kappa shape index (κ1) is 17.6. The number of hydrogen-bond donors (Lipinski definition) is 3. The van der Waals surface area contributed by atoms with Gasteiger partial charge in [0, 0.05) is 19.2 Å². The van der Waals surface area contributed by atoms with Crippen LogP contribution in [0.4, 0.5) is 5.69 Å². The number of amides is 1. The van der Waals surface area contributed by atoms with Crippen LogP contribution in [0, 0.1) is 0 Å². The summed E-state index contributed by atoms with van der Waals surface area (Å²) in [7, 11) is -3.68. The molecule has 0 radical (unpaired) electrons. The van der Waals surface area contributed by atoms with E-state index in [1.165, 1.54) is 31.2 Å². The van der Waals surface area contributed by atoms with Gasteiger partial charge in [0.25, 0.3) is 0 Å². The molecule has 0 saturated heterocycles. The van der Waals surface area contributed by atoms with Gasteiger partial charge in [-0.25, -0.2) is 13.1 Å². The predicted molar refractivity (Wildman–Crippen MR) is 81.5 cm³/mol. The van der Waals surface area contributed by atoms with Crippen LogP contribution in [0.1, 0.15) is 33.6 Å². The molecule has 1 aromatic rings. The molecule has 7 heteroatoms. The fourth-order valence-corrected chi connectivity index (χ4v) is 2.85. The van der Waals surface area contributed by atoms with Crippen LogP contribution in [0.2, 0.25) is 0 Å². The minimum atomic E-state index is -3.68. The molecule has 0 bridgehead atoms. The molecular weight excluding hydrogens is 292 g/mol. The van der Waals surface area contributed by atoms with E-state index in [1.54, 1.807) is 13.8 Å². The van der Waals surface area contributed by atoms with E-state index in [-0.39, 0.29) is 17.3 Å². The van der Waals surface area contributed by atoms with Crippen molar-refractivity contribution in [2.45, 2.75) is 44.1 Å².